The summed E-state index contributed by atoms with van der Waals surface area (Å²) in [5, 5.41) is 3.01. The minimum absolute atomic E-state index is 0.0465. The third-order valence-electron chi connectivity index (χ3n) is 4.48. The minimum atomic E-state index is -0.519. The molecule has 0 radical (unpaired) electrons. The van der Waals surface area contributed by atoms with E-state index in [0.29, 0.717) is 6.42 Å². The first-order valence-electron chi connectivity index (χ1n) is 10.3. The highest BCUT2D eigenvalue weighted by Gasteiger charge is 2.21. The number of allylic oxidation sites excluding steroid dienone is 1. The van der Waals surface area contributed by atoms with E-state index in [9.17, 15) is 4.79 Å². The van der Waals surface area contributed by atoms with Crippen molar-refractivity contribution < 1.29 is 14.3 Å². The highest BCUT2D eigenvalue weighted by atomic mass is 16.6. The standard InChI is InChI=1S/C24H39NO3/c1-9-10-15-27-21-13-11-19(12-14-21)17-20(16-18(2)23(3,4)5)25-22(26)28-24(6,7)8/h11-14,16,20H,9-10,15,17H2,1-8H3,(H,25,26)/b18-16-/t20-/m1/s1. The van der Waals surface area contributed by atoms with Crippen molar-refractivity contribution >= 4 is 6.09 Å². The third kappa shape index (κ3) is 9.82. The molecule has 1 atom stereocenters. The summed E-state index contributed by atoms with van der Waals surface area (Å²) >= 11 is 0. The van der Waals surface area contributed by atoms with E-state index in [2.05, 4.69) is 58.1 Å². The Kier molecular flexibility index (Phi) is 9.06. The molecular weight excluding hydrogens is 350 g/mol. The van der Waals surface area contributed by atoms with Crippen LogP contribution in [0.15, 0.2) is 35.9 Å². The van der Waals surface area contributed by atoms with Crippen molar-refractivity contribution in [2.75, 3.05) is 6.61 Å². The number of benzene rings is 1. The number of rotatable bonds is 8. The smallest absolute Gasteiger partial charge is 0.408 e. The molecule has 1 N–H and O–H groups in total. The monoisotopic (exact) mass is 389 g/mol. The molecule has 0 unspecified atom stereocenters. The van der Waals surface area contributed by atoms with Crippen molar-refractivity contribution in [3.63, 3.8) is 0 Å². The van der Waals surface area contributed by atoms with Crippen LogP contribution in [-0.4, -0.2) is 24.3 Å². The van der Waals surface area contributed by atoms with Gasteiger partial charge in [-0.3, -0.25) is 0 Å². The molecule has 4 nitrogen and oxygen atoms in total. The molecule has 1 rings (SSSR count). The molecule has 0 saturated heterocycles. The molecule has 28 heavy (non-hydrogen) atoms. The van der Waals surface area contributed by atoms with Crippen molar-refractivity contribution in [1.82, 2.24) is 5.32 Å². The molecule has 4 heteroatoms. The second-order valence-electron chi connectivity index (χ2n) is 9.40. The zero-order chi connectivity index (χ0) is 21.4. The lowest BCUT2D eigenvalue weighted by molar-refractivity contribution is 0.0514. The number of hydrogen-bond acceptors (Lipinski definition) is 3. The molecule has 0 bridgehead atoms. The van der Waals surface area contributed by atoms with Gasteiger partial charge in [-0.2, -0.15) is 0 Å². The number of ether oxygens (including phenoxy) is 2. The van der Waals surface area contributed by atoms with Crippen LogP contribution < -0.4 is 10.1 Å². The van der Waals surface area contributed by atoms with Gasteiger partial charge in [0, 0.05) is 0 Å². The van der Waals surface area contributed by atoms with Gasteiger partial charge < -0.3 is 14.8 Å². The quantitative estimate of drug-likeness (QED) is 0.419. The fourth-order valence-electron chi connectivity index (χ4n) is 2.47. The SMILES string of the molecule is CCCCOc1ccc(C[C@@H](/C=C(/C)C(C)(C)C)NC(=O)OC(C)(C)C)cc1. The van der Waals surface area contributed by atoms with Crippen LogP contribution in [-0.2, 0) is 11.2 Å². The number of hydrogen-bond donors (Lipinski definition) is 1. The fourth-order valence-corrected chi connectivity index (χ4v) is 2.47. The molecule has 0 spiro atoms. The normalized spacial score (nSPS) is 13.8. The summed E-state index contributed by atoms with van der Waals surface area (Å²) in [7, 11) is 0. The zero-order valence-electron chi connectivity index (χ0n) is 19.0. The van der Waals surface area contributed by atoms with E-state index >= 15 is 0 Å². The largest absolute Gasteiger partial charge is 0.494 e. The summed E-state index contributed by atoms with van der Waals surface area (Å²) in [5.41, 5.74) is 1.90. The van der Waals surface area contributed by atoms with E-state index in [1.54, 1.807) is 0 Å². The second kappa shape index (κ2) is 10.5. The molecule has 0 aliphatic carbocycles. The van der Waals surface area contributed by atoms with E-state index < -0.39 is 11.7 Å². The maximum Gasteiger partial charge on any atom is 0.408 e. The first kappa shape index (κ1) is 24.1. The zero-order valence-corrected chi connectivity index (χ0v) is 19.0. The molecule has 0 aromatic heterocycles. The highest BCUT2D eigenvalue weighted by molar-refractivity contribution is 5.68. The summed E-state index contributed by atoms with van der Waals surface area (Å²) in [5.74, 6) is 0.885. The highest BCUT2D eigenvalue weighted by Crippen LogP contribution is 2.25. The summed E-state index contributed by atoms with van der Waals surface area (Å²) in [6, 6.07) is 7.98. The topological polar surface area (TPSA) is 47.6 Å². The average Bonchev–Trinajstić information content (AvgIpc) is 2.54. The Balaban J connectivity index is 2.88. The molecule has 0 heterocycles. The lowest BCUT2D eigenvalue weighted by Crippen LogP contribution is -2.39. The Hall–Kier alpha value is -1.97. The Labute approximate surface area is 171 Å². The predicted molar refractivity (Wildman–Crippen MR) is 117 cm³/mol. The van der Waals surface area contributed by atoms with Gasteiger partial charge in [-0.1, -0.05) is 57.9 Å². The second-order valence-corrected chi connectivity index (χ2v) is 9.40. The molecule has 0 fully saturated rings. The first-order chi connectivity index (χ1) is 12.9. The van der Waals surface area contributed by atoms with Crippen molar-refractivity contribution in [2.45, 2.75) is 86.3 Å². The van der Waals surface area contributed by atoms with Crippen LogP contribution >= 0.6 is 0 Å². The molecule has 158 valence electrons. The van der Waals surface area contributed by atoms with Gasteiger partial charge in [0.15, 0.2) is 0 Å². The molecular formula is C24H39NO3. The van der Waals surface area contributed by atoms with Crippen LogP contribution in [0.5, 0.6) is 5.75 Å². The van der Waals surface area contributed by atoms with Gasteiger partial charge in [0.25, 0.3) is 0 Å². The van der Waals surface area contributed by atoms with E-state index in [-0.39, 0.29) is 11.5 Å². The van der Waals surface area contributed by atoms with E-state index in [1.807, 2.05) is 32.9 Å². The van der Waals surface area contributed by atoms with Crippen molar-refractivity contribution in [3.05, 3.63) is 41.5 Å². The van der Waals surface area contributed by atoms with Crippen LogP contribution in [0.25, 0.3) is 0 Å². The Morgan fingerprint density at radius 3 is 2.21 bits per heavy atom. The summed E-state index contributed by atoms with van der Waals surface area (Å²) in [6.45, 7) is 17.1. The van der Waals surface area contributed by atoms with Crippen molar-refractivity contribution in [2.24, 2.45) is 5.41 Å². The van der Waals surface area contributed by atoms with Gasteiger partial charge in [-0.25, -0.2) is 4.79 Å². The lowest BCUT2D eigenvalue weighted by Gasteiger charge is -2.25. The summed E-state index contributed by atoms with van der Waals surface area (Å²) < 4.78 is 11.2. The van der Waals surface area contributed by atoms with E-state index in [0.717, 1.165) is 30.8 Å². The van der Waals surface area contributed by atoms with Crippen LogP contribution in [0.4, 0.5) is 4.79 Å². The summed E-state index contributed by atoms with van der Waals surface area (Å²) in [6.07, 6.45) is 4.61. The number of amides is 1. The van der Waals surface area contributed by atoms with Crippen LogP contribution in [0.1, 0.15) is 73.8 Å². The van der Waals surface area contributed by atoms with E-state index in [1.165, 1.54) is 5.57 Å². The third-order valence-corrected chi connectivity index (χ3v) is 4.48. The van der Waals surface area contributed by atoms with Crippen molar-refractivity contribution in [1.29, 1.82) is 0 Å². The van der Waals surface area contributed by atoms with Gasteiger partial charge >= 0.3 is 6.09 Å². The summed E-state index contributed by atoms with van der Waals surface area (Å²) in [4.78, 5) is 12.3. The maximum atomic E-state index is 12.3. The van der Waals surface area contributed by atoms with Gasteiger partial charge in [0.05, 0.1) is 12.6 Å². The van der Waals surface area contributed by atoms with Gasteiger partial charge in [-0.15, -0.1) is 0 Å². The maximum absolute atomic E-state index is 12.3. The lowest BCUT2D eigenvalue weighted by atomic mass is 9.86. The van der Waals surface area contributed by atoms with Crippen molar-refractivity contribution in [3.8, 4) is 5.75 Å². The number of unbranched alkanes of at least 4 members (excludes halogenated alkanes) is 1. The minimum Gasteiger partial charge on any atom is -0.494 e. The molecule has 0 aliphatic rings. The number of nitrogens with one attached hydrogen (secondary N) is 1. The van der Waals surface area contributed by atoms with E-state index in [4.69, 9.17) is 9.47 Å². The molecule has 0 aliphatic heterocycles. The molecule has 0 saturated carbocycles. The van der Waals surface area contributed by atoms with Gasteiger partial charge in [-0.05, 0) is 63.6 Å². The molecule has 1 aromatic rings. The number of carbonyl (C=O) groups excluding carboxylic acids is 1. The predicted octanol–water partition coefficient (Wildman–Crippen LogP) is 6.29. The average molecular weight is 390 g/mol. The first-order valence-corrected chi connectivity index (χ1v) is 10.3. The fraction of sp³-hybridized carbons (Fsp3) is 0.625. The molecule has 1 aromatic carbocycles. The van der Waals surface area contributed by atoms with Crippen LogP contribution in [0, 0.1) is 5.41 Å². The Morgan fingerprint density at radius 2 is 1.71 bits per heavy atom. The Morgan fingerprint density at radius 1 is 1.11 bits per heavy atom. The number of alkyl carbamates (subject to hydrolysis) is 1. The van der Waals surface area contributed by atoms with Crippen LogP contribution in [0.2, 0.25) is 0 Å². The number of carbonyl (C=O) groups is 1. The molecule has 1 amide bonds. The van der Waals surface area contributed by atoms with Crippen LogP contribution in [0.3, 0.4) is 0 Å². The van der Waals surface area contributed by atoms with Gasteiger partial charge in [0.2, 0.25) is 0 Å². The Bertz CT molecular complexity index is 633. The van der Waals surface area contributed by atoms with Gasteiger partial charge in [0.1, 0.15) is 11.4 Å².